The Balaban J connectivity index is 1.86. The molecule has 0 amide bonds. The molecule has 0 atom stereocenters. The standard InChI is InChI=1S/C14H25IO/c1-12-5-7-13(8-6-12)16-14(11-15)9-3-2-4-10-14/h12-13H,2-11H2,1H3. The zero-order valence-corrected chi connectivity index (χ0v) is 12.7. The van der Waals surface area contributed by atoms with Crippen molar-refractivity contribution in [3.63, 3.8) is 0 Å². The van der Waals surface area contributed by atoms with Crippen molar-refractivity contribution in [2.45, 2.75) is 76.4 Å². The molecule has 16 heavy (non-hydrogen) atoms. The van der Waals surface area contributed by atoms with E-state index in [1.165, 1.54) is 62.2 Å². The number of ether oxygens (including phenoxy) is 1. The fourth-order valence-corrected chi connectivity index (χ4v) is 4.12. The van der Waals surface area contributed by atoms with Gasteiger partial charge in [-0.3, -0.25) is 0 Å². The molecule has 0 aromatic rings. The minimum absolute atomic E-state index is 0.254. The summed E-state index contributed by atoms with van der Waals surface area (Å²) in [5, 5.41) is 0. The lowest BCUT2D eigenvalue weighted by Crippen LogP contribution is -2.41. The highest BCUT2D eigenvalue weighted by atomic mass is 127. The molecular formula is C14H25IO. The molecule has 0 spiro atoms. The van der Waals surface area contributed by atoms with Gasteiger partial charge in [-0.1, -0.05) is 48.8 Å². The Morgan fingerprint density at radius 3 is 2.25 bits per heavy atom. The Labute approximate surface area is 114 Å². The van der Waals surface area contributed by atoms with E-state index in [0.717, 1.165) is 5.92 Å². The van der Waals surface area contributed by atoms with Crippen LogP contribution in [0.15, 0.2) is 0 Å². The van der Waals surface area contributed by atoms with Crippen molar-refractivity contribution in [3.05, 3.63) is 0 Å². The summed E-state index contributed by atoms with van der Waals surface area (Å²) >= 11 is 2.53. The maximum atomic E-state index is 6.51. The van der Waals surface area contributed by atoms with Crippen LogP contribution in [0.4, 0.5) is 0 Å². The second kappa shape index (κ2) is 6.03. The maximum absolute atomic E-state index is 6.51. The van der Waals surface area contributed by atoms with Crippen molar-refractivity contribution in [2.75, 3.05) is 4.43 Å². The highest BCUT2D eigenvalue weighted by molar-refractivity contribution is 14.1. The van der Waals surface area contributed by atoms with Gasteiger partial charge >= 0.3 is 0 Å². The minimum atomic E-state index is 0.254. The van der Waals surface area contributed by atoms with Crippen LogP contribution in [-0.2, 0) is 4.74 Å². The SMILES string of the molecule is CC1CCC(OC2(CI)CCCCC2)CC1. The summed E-state index contributed by atoms with van der Waals surface area (Å²) in [6.07, 6.45) is 12.7. The van der Waals surface area contributed by atoms with E-state index in [1.54, 1.807) is 0 Å². The smallest absolute Gasteiger partial charge is 0.0775 e. The first-order valence-electron chi connectivity index (χ1n) is 6.98. The molecule has 94 valence electrons. The zero-order chi connectivity index (χ0) is 11.4. The van der Waals surface area contributed by atoms with E-state index in [4.69, 9.17) is 4.74 Å². The quantitative estimate of drug-likeness (QED) is 0.535. The van der Waals surface area contributed by atoms with Crippen molar-refractivity contribution >= 4 is 22.6 Å². The van der Waals surface area contributed by atoms with Gasteiger partial charge in [-0.15, -0.1) is 0 Å². The molecule has 0 saturated heterocycles. The van der Waals surface area contributed by atoms with Crippen LogP contribution in [0.25, 0.3) is 0 Å². The van der Waals surface area contributed by atoms with E-state index in [0.29, 0.717) is 6.10 Å². The number of hydrogen-bond acceptors (Lipinski definition) is 1. The van der Waals surface area contributed by atoms with Crippen LogP contribution in [0.3, 0.4) is 0 Å². The topological polar surface area (TPSA) is 9.23 Å². The molecule has 0 radical (unpaired) electrons. The fourth-order valence-electron chi connectivity index (χ4n) is 3.18. The Morgan fingerprint density at radius 1 is 1.06 bits per heavy atom. The first kappa shape index (κ1) is 13.1. The molecule has 2 saturated carbocycles. The van der Waals surface area contributed by atoms with Gasteiger partial charge in [-0.25, -0.2) is 0 Å². The molecule has 1 nitrogen and oxygen atoms in total. The van der Waals surface area contributed by atoms with E-state index in [9.17, 15) is 0 Å². The third-order valence-electron chi connectivity index (χ3n) is 4.39. The van der Waals surface area contributed by atoms with Gasteiger partial charge in [0.25, 0.3) is 0 Å². The molecule has 0 N–H and O–H groups in total. The van der Waals surface area contributed by atoms with E-state index < -0.39 is 0 Å². The van der Waals surface area contributed by atoms with E-state index >= 15 is 0 Å². The molecule has 2 aliphatic carbocycles. The van der Waals surface area contributed by atoms with Crippen LogP contribution >= 0.6 is 22.6 Å². The molecule has 2 fully saturated rings. The third-order valence-corrected chi connectivity index (χ3v) is 5.78. The first-order chi connectivity index (χ1) is 7.74. The lowest BCUT2D eigenvalue weighted by molar-refractivity contribution is -0.111. The average molecular weight is 336 g/mol. The molecule has 0 bridgehead atoms. The molecular weight excluding hydrogens is 311 g/mol. The van der Waals surface area contributed by atoms with Crippen LogP contribution in [0.2, 0.25) is 0 Å². The van der Waals surface area contributed by atoms with Crippen LogP contribution in [0.1, 0.15) is 64.7 Å². The van der Waals surface area contributed by atoms with Crippen LogP contribution in [-0.4, -0.2) is 16.1 Å². The molecule has 2 heteroatoms. The van der Waals surface area contributed by atoms with E-state index in [-0.39, 0.29) is 5.60 Å². The number of rotatable bonds is 3. The largest absolute Gasteiger partial charge is 0.371 e. The second-order valence-corrected chi connectivity index (χ2v) is 6.64. The third kappa shape index (κ3) is 3.34. The van der Waals surface area contributed by atoms with Crippen LogP contribution in [0, 0.1) is 5.92 Å². The van der Waals surface area contributed by atoms with Crippen molar-refractivity contribution in [1.29, 1.82) is 0 Å². The minimum Gasteiger partial charge on any atom is -0.371 e. The Morgan fingerprint density at radius 2 is 1.69 bits per heavy atom. The summed E-state index contributed by atoms with van der Waals surface area (Å²) in [7, 11) is 0. The van der Waals surface area contributed by atoms with Crippen molar-refractivity contribution in [3.8, 4) is 0 Å². The van der Waals surface area contributed by atoms with E-state index in [1.807, 2.05) is 0 Å². The van der Waals surface area contributed by atoms with Gasteiger partial charge in [0.2, 0.25) is 0 Å². The zero-order valence-electron chi connectivity index (χ0n) is 10.5. The van der Waals surface area contributed by atoms with Crippen LogP contribution in [0.5, 0.6) is 0 Å². The summed E-state index contributed by atoms with van der Waals surface area (Å²) < 4.78 is 7.70. The van der Waals surface area contributed by atoms with Crippen molar-refractivity contribution in [2.24, 2.45) is 5.92 Å². The summed E-state index contributed by atoms with van der Waals surface area (Å²) in [5.41, 5.74) is 0.254. The molecule has 2 rings (SSSR count). The molecule has 2 aliphatic rings. The lowest BCUT2D eigenvalue weighted by Gasteiger charge is -2.40. The Kier molecular flexibility index (Phi) is 4.95. The molecule has 0 heterocycles. The fraction of sp³-hybridized carbons (Fsp3) is 1.00. The van der Waals surface area contributed by atoms with Crippen molar-refractivity contribution in [1.82, 2.24) is 0 Å². The van der Waals surface area contributed by atoms with Crippen molar-refractivity contribution < 1.29 is 4.74 Å². The summed E-state index contributed by atoms with van der Waals surface area (Å²) in [5.74, 6) is 0.932. The predicted octanol–water partition coefficient (Wildman–Crippen LogP) is 4.72. The van der Waals surface area contributed by atoms with Gasteiger partial charge < -0.3 is 4.74 Å². The maximum Gasteiger partial charge on any atom is 0.0775 e. The predicted molar refractivity (Wildman–Crippen MR) is 77.2 cm³/mol. The van der Waals surface area contributed by atoms with Gasteiger partial charge in [0, 0.05) is 4.43 Å². The van der Waals surface area contributed by atoms with Gasteiger partial charge in [0.1, 0.15) is 0 Å². The molecule has 0 unspecified atom stereocenters. The molecule has 0 aromatic carbocycles. The lowest BCUT2D eigenvalue weighted by atomic mass is 9.84. The van der Waals surface area contributed by atoms with Gasteiger partial charge in [-0.2, -0.15) is 0 Å². The Hall–Kier alpha value is 0.690. The average Bonchev–Trinajstić information content (AvgIpc) is 2.33. The Bertz CT molecular complexity index is 203. The number of hydrogen-bond donors (Lipinski definition) is 0. The summed E-state index contributed by atoms with van der Waals surface area (Å²) in [6.45, 7) is 2.38. The van der Waals surface area contributed by atoms with Crippen LogP contribution < -0.4 is 0 Å². The highest BCUT2D eigenvalue weighted by Gasteiger charge is 2.35. The normalized spacial score (nSPS) is 34.9. The highest BCUT2D eigenvalue weighted by Crippen LogP contribution is 2.37. The first-order valence-corrected chi connectivity index (χ1v) is 8.50. The molecule has 0 aromatic heterocycles. The second-order valence-electron chi connectivity index (χ2n) is 5.88. The monoisotopic (exact) mass is 336 g/mol. The van der Waals surface area contributed by atoms with Gasteiger partial charge in [-0.05, 0) is 44.4 Å². The number of halogens is 1. The number of alkyl halides is 1. The van der Waals surface area contributed by atoms with Gasteiger partial charge in [0.05, 0.1) is 11.7 Å². The summed E-state index contributed by atoms with van der Waals surface area (Å²) in [4.78, 5) is 0. The van der Waals surface area contributed by atoms with Gasteiger partial charge in [0.15, 0.2) is 0 Å². The summed E-state index contributed by atoms with van der Waals surface area (Å²) in [6, 6.07) is 0. The van der Waals surface area contributed by atoms with E-state index in [2.05, 4.69) is 29.5 Å². The molecule has 0 aliphatic heterocycles.